The van der Waals surface area contributed by atoms with Crippen LogP contribution in [0.1, 0.15) is 155 Å². The van der Waals surface area contributed by atoms with Gasteiger partial charge in [0.1, 0.15) is 42.7 Å². The van der Waals surface area contributed by atoms with Crippen molar-refractivity contribution in [1.82, 2.24) is 0 Å². The number of aliphatic hydroxyl groups excluding tert-OH is 5. The van der Waals surface area contributed by atoms with Crippen LogP contribution in [0.2, 0.25) is 0 Å². The maximum Gasteiger partial charge on any atom is 0.472 e. The Bertz CT molecular complexity index is 1500. The molecular formula is C53H87O12P. The third-order valence-corrected chi connectivity index (χ3v) is 11.6. The highest BCUT2D eigenvalue weighted by Gasteiger charge is 2.51. The van der Waals surface area contributed by atoms with E-state index in [1.807, 2.05) is 12.2 Å². The molecule has 1 aliphatic rings. The summed E-state index contributed by atoms with van der Waals surface area (Å²) in [5.74, 6) is -0.567. The molecule has 376 valence electrons. The molecule has 6 unspecified atom stereocenters. The fraction of sp³-hybridized carbons (Fsp3) is 0.642. The van der Waals surface area contributed by atoms with Gasteiger partial charge in [-0.3, -0.25) is 13.8 Å². The lowest BCUT2D eigenvalue weighted by Gasteiger charge is -2.41. The largest absolute Gasteiger partial charge is 0.472 e. The average molecular weight is 947 g/mol. The van der Waals surface area contributed by atoms with Crippen LogP contribution in [-0.2, 0) is 27.9 Å². The quantitative estimate of drug-likeness (QED) is 0.0148. The third-order valence-electron chi connectivity index (χ3n) is 10.6. The van der Waals surface area contributed by atoms with E-state index in [9.17, 15) is 39.8 Å². The van der Waals surface area contributed by atoms with Crippen molar-refractivity contribution in [2.45, 2.75) is 198 Å². The number of unbranched alkanes of at least 4 members (excludes halogenated alkanes) is 10. The first-order valence-corrected chi connectivity index (χ1v) is 26.2. The minimum atomic E-state index is -5.05. The molecule has 0 spiro atoms. The second kappa shape index (κ2) is 42.1. The highest BCUT2D eigenvalue weighted by Crippen LogP contribution is 2.47. The number of carbonyl (C=O) groups is 1. The highest BCUT2D eigenvalue weighted by atomic mass is 31.2. The second-order valence-corrected chi connectivity index (χ2v) is 18.0. The Kier molecular flexibility index (Phi) is 38.9. The van der Waals surface area contributed by atoms with Crippen molar-refractivity contribution in [3.05, 3.63) is 109 Å². The number of carbonyl (C=O) groups excluding carboxylic acids is 1. The summed E-state index contributed by atoms with van der Waals surface area (Å²) in [4.78, 5) is 23.2. The summed E-state index contributed by atoms with van der Waals surface area (Å²) in [7, 11) is -5.05. The predicted octanol–water partition coefficient (Wildman–Crippen LogP) is 10.9. The number of aliphatic hydroxyl groups is 5. The molecule has 13 heteroatoms. The summed E-state index contributed by atoms with van der Waals surface area (Å²) >= 11 is 0. The molecule has 66 heavy (non-hydrogen) atoms. The molecule has 0 aliphatic heterocycles. The van der Waals surface area contributed by atoms with Gasteiger partial charge in [0.15, 0.2) is 0 Å². The molecule has 6 atom stereocenters. The zero-order valence-corrected chi connectivity index (χ0v) is 41.1. The molecule has 12 nitrogen and oxygen atoms in total. The fourth-order valence-corrected chi connectivity index (χ4v) is 7.71. The molecule has 0 aromatic rings. The number of hydrogen-bond donors (Lipinski definition) is 6. The Morgan fingerprint density at radius 3 is 1.36 bits per heavy atom. The number of phosphoric acid groups is 1. The molecule has 1 aliphatic carbocycles. The first-order chi connectivity index (χ1) is 32.0. The van der Waals surface area contributed by atoms with Crippen molar-refractivity contribution < 1.29 is 58.3 Å². The van der Waals surface area contributed by atoms with E-state index in [1.54, 1.807) is 0 Å². The van der Waals surface area contributed by atoms with Gasteiger partial charge in [-0.2, -0.15) is 0 Å². The zero-order valence-electron chi connectivity index (χ0n) is 40.2. The number of hydrogen-bond acceptors (Lipinski definition) is 11. The van der Waals surface area contributed by atoms with E-state index < -0.39 is 63.1 Å². The molecule has 0 aromatic heterocycles. The SMILES string of the molecule is CC/C=C\C/C=C\C/C=C\C/C=C\C/C=C\C/C=C\CCC(=O)OC(COCCCCCCCCC/C=C\C/C=C\C/C=C\CCCCC)COP(=O)(O)OC1C(O)C(O)C(O)C(O)C1O. The van der Waals surface area contributed by atoms with E-state index in [2.05, 4.69) is 111 Å². The molecule has 1 fully saturated rings. The van der Waals surface area contributed by atoms with Gasteiger partial charge in [0.2, 0.25) is 0 Å². The third kappa shape index (κ3) is 33.5. The Balaban J connectivity index is 2.44. The second-order valence-electron chi connectivity index (χ2n) is 16.6. The Morgan fingerprint density at radius 1 is 0.500 bits per heavy atom. The van der Waals surface area contributed by atoms with Crippen LogP contribution in [0.3, 0.4) is 0 Å². The van der Waals surface area contributed by atoms with Gasteiger partial charge >= 0.3 is 13.8 Å². The topological polar surface area (TPSA) is 192 Å². The summed E-state index contributed by atoms with van der Waals surface area (Å²) in [6.45, 7) is 4.00. The average Bonchev–Trinajstić information content (AvgIpc) is 3.30. The van der Waals surface area contributed by atoms with Crippen molar-refractivity contribution in [1.29, 1.82) is 0 Å². The van der Waals surface area contributed by atoms with Crippen LogP contribution in [0.5, 0.6) is 0 Å². The molecule has 0 aromatic carbocycles. The van der Waals surface area contributed by atoms with Crippen molar-refractivity contribution in [3.8, 4) is 0 Å². The summed E-state index contributed by atoms with van der Waals surface area (Å²) < 4.78 is 34.2. The minimum Gasteiger partial charge on any atom is -0.457 e. The summed E-state index contributed by atoms with van der Waals surface area (Å²) in [6.07, 6.45) is 47.3. The molecule has 0 amide bonds. The van der Waals surface area contributed by atoms with Crippen LogP contribution < -0.4 is 0 Å². The molecule has 0 radical (unpaired) electrons. The smallest absolute Gasteiger partial charge is 0.457 e. The van der Waals surface area contributed by atoms with Gasteiger partial charge in [-0.15, -0.1) is 0 Å². The molecule has 1 saturated carbocycles. The van der Waals surface area contributed by atoms with Gasteiger partial charge in [-0.25, -0.2) is 4.57 Å². The Labute approximate surface area is 397 Å². The first-order valence-electron chi connectivity index (χ1n) is 24.7. The normalized spacial score (nSPS) is 22.4. The van der Waals surface area contributed by atoms with Gasteiger partial charge < -0.3 is 39.9 Å². The van der Waals surface area contributed by atoms with E-state index in [4.69, 9.17) is 18.5 Å². The molecule has 1 rings (SSSR count). The van der Waals surface area contributed by atoms with Crippen LogP contribution in [-0.4, -0.2) is 98.9 Å². The van der Waals surface area contributed by atoms with E-state index in [-0.39, 0.29) is 13.0 Å². The summed E-state index contributed by atoms with van der Waals surface area (Å²) in [6, 6.07) is 0. The lowest BCUT2D eigenvalue weighted by Crippen LogP contribution is -2.64. The Morgan fingerprint density at radius 2 is 0.894 bits per heavy atom. The Hall–Kier alpha value is -3.00. The standard InChI is InChI=1S/C53H87O12P/c1-3-5-7-9-11-13-15-17-19-21-23-25-27-29-31-33-35-37-39-41-43-62-44-46(45-63-66(60,61)65-53-51(58)49(56)48(55)50(57)52(53)59)64-47(54)42-40-38-36-34-32-30-28-26-24-22-20-18-16-14-12-10-8-6-4-2/h6,8,11-14,17-20,23-26,30,32,36,38,46,48-53,55-59H,3-5,7,9-10,15-16,21-22,27-29,31,33-35,37,39-45H2,1-2H3,(H,60,61)/b8-6-,13-11-,14-12-,19-17-,20-18-,25-23-,26-24-,32-30-,38-36-. The van der Waals surface area contributed by atoms with Gasteiger partial charge in [0.25, 0.3) is 0 Å². The van der Waals surface area contributed by atoms with Crippen LogP contribution in [0.25, 0.3) is 0 Å². The van der Waals surface area contributed by atoms with Gasteiger partial charge in [-0.05, 0) is 89.9 Å². The maximum atomic E-state index is 12.8. The zero-order chi connectivity index (χ0) is 48.4. The van der Waals surface area contributed by atoms with Crippen LogP contribution in [0.15, 0.2) is 109 Å². The van der Waals surface area contributed by atoms with Gasteiger partial charge in [0.05, 0.1) is 13.2 Å². The number of rotatable bonds is 40. The van der Waals surface area contributed by atoms with Crippen molar-refractivity contribution in [2.75, 3.05) is 19.8 Å². The highest BCUT2D eigenvalue weighted by molar-refractivity contribution is 7.47. The van der Waals surface area contributed by atoms with Crippen LogP contribution in [0, 0.1) is 0 Å². The van der Waals surface area contributed by atoms with Crippen molar-refractivity contribution in [2.24, 2.45) is 0 Å². The van der Waals surface area contributed by atoms with Gasteiger partial charge in [0, 0.05) is 13.0 Å². The van der Waals surface area contributed by atoms with Crippen LogP contribution in [0.4, 0.5) is 0 Å². The molecule has 0 saturated heterocycles. The van der Waals surface area contributed by atoms with Gasteiger partial charge in [-0.1, -0.05) is 168 Å². The number of esters is 1. The minimum absolute atomic E-state index is 0.0511. The predicted molar refractivity (Wildman–Crippen MR) is 267 cm³/mol. The lowest BCUT2D eigenvalue weighted by molar-refractivity contribution is -0.220. The van der Waals surface area contributed by atoms with Crippen molar-refractivity contribution in [3.63, 3.8) is 0 Å². The molecule has 0 bridgehead atoms. The monoisotopic (exact) mass is 947 g/mol. The fourth-order valence-electron chi connectivity index (χ4n) is 6.74. The van der Waals surface area contributed by atoms with E-state index in [0.717, 1.165) is 77.0 Å². The van der Waals surface area contributed by atoms with E-state index >= 15 is 0 Å². The first kappa shape index (κ1) is 61.0. The van der Waals surface area contributed by atoms with Crippen LogP contribution >= 0.6 is 7.82 Å². The summed E-state index contributed by atoms with van der Waals surface area (Å²) in [5.41, 5.74) is 0. The number of phosphoric ester groups is 1. The number of ether oxygens (including phenoxy) is 2. The lowest BCUT2D eigenvalue weighted by atomic mass is 9.85. The van der Waals surface area contributed by atoms with Crippen molar-refractivity contribution >= 4 is 13.8 Å². The molecular weight excluding hydrogens is 860 g/mol. The summed E-state index contributed by atoms with van der Waals surface area (Å²) in [5, 5.41) is 50.3. The van der Waals surface area contributed by atoms with E-state index in [1.165, 1.54) is 44.9 Å². The maximum absolute atomic E-state index is 12.8. The number of allylic oxidation sites excluding steroid dienone is 18. The molecule has 0 heterocycles. The molecule has 6 N–H and O–H groups in total. The van der Waals surface area contributed by atoms with E-state index in [0.29, 0.717) is 19.4 Å².